The monoisotopic (exact) mass is 341 g/mol. The molecule has 23 heavy (non-hydrogen) atoms. The highest BCUT2D eigenvalue weighted by atomic mass is 32.2. The van der Waals surface area contributed by atoms with Crippen LogP contribution in [0.1, 0.15) is 12.5 Å². The van der Waals surface area contributed by atoms with Gasteiger partial charge in [0.05, 0.1) is 12.0 Å². The summed E-state index contributed by atoms with van der Waals surface area (Å²) in [5.41, 5.74) is 0.0385. The zero-order valence-corrected chi connectivity index (χ0v) is 14.1. The number of hydrogen-bond donors (Lipinski definition) is 1. The van der Waals surface area contributed by atoms with E-state index in [1.54, 1.807) is 16.9 Å². The lowest BCUT2D eigenvalue weighted by molar-refractivity contribution is 0.384. The van der Waals surface area contributed by atoms with E-state index in [0.717, 1.165) is 0 Å². The summed E-state index contributed by atoms with van der Waals surface area (Å²) in [6, 6.07) is 4.46. The molecule has 0 saturated heterocycles. The zero-order chi connectivity index (χ0) is 17.0. The second-order valence-corrected chi connectivity index (χ2v) is 7.13. The summed E-state index contributed by atoms with van der Waals surface area (Å²) in [5.74, 6) is -0.610. The van der Waals surface area contributed by atoms with Gasteiger partial charge in [0.15, 0.2) is 11.6 Å². The van der Waals surface area contributed by atoms with Gasteiger partial charge >= 0.3 is 0 Å². The summed E-state index contributed by atoms with van der Waals surface area (Å²) >= 11 is 0. The largest absolute Gasteiger partial charge is 0.494 e. The van der Waals surface area contributed by atoms with Crippen LogP contribution in [0, 0.1) is 18.7 Å². The third-order valence-corrected chi connectivity index (χ3v) is 5.06. The Labute approximate surface area is 135 Å². The van der Waals surface area contributed by atoms with Gasteiger partial charge in [-0.3, -0.25) is 4.68 Å². The van der Waals surface area contributed by atoms with E-state index in [4.69, 9.17) is 4.74 Å². The van der Waals surface area contributed by atoms with Crippen molar-refractivity contribution in [2.45, 2.75) is 25.3 Å². The number of sulfonamides is 1. The summed E-state index contributed by atoms with van der Waals surface area (Å²) in [6.07, 6.45) is 3.48. The molecule has 0 aliphatic heterocycles. The van der Waals surface area contributed by atoms with Crippen LogP contribution in [0.15, 0.2) is 35.5 Å². The van der Waals surface area contributed by atoms with Gasteiger partial charge in [-0.2, -0.15) is 5.10 Å². The van der Waals surface area contributed by atoms with Crippen molar-refractivity contribution in [1.29, 1.82) is 0 Å². The van der Waals surface area contributed by atoms with Crippen LogP contribution in [-0.2, 0) is 16.6 Å². The summed E-state index contributed by atoms with van der Waals surface area (Å²) in [5, 5.41) is 4.08. The van der Waals surface area contributed by atoms with Crippen molar-refractivity contribution in [3.05, 3.63) is 42.0 Å². The molecule has 2 rings (SSSR count). The second kappa shape index (κ2) is 7.10. The first-order valence-corrected chi connectivity index (χ1v) is 8.63. The van der Waals surface area contributed by atoms with Crippen molar-refractivity contribution in [1.82, 2.24) is 14.5 Å². The summed E-state index contributed by atoms with van der Waals surface area (Å²) in [7, 11) is -2.45. The highest BCUT2D eigenvalue weighted by molar-refractivity contribution is 7.89. The fourth-order valence-corrected chi connectivity index (χ4v) is 3.61. The van der Waals surface area contributed by atoms with Crippen molar-refractivity contribution in [3.8, 4) is 5.75 Å². The number of hydrogen-bond acceptors (Lipinski definition) is 4. The van der Waals surface area contributed by atoms with Gasteiger partial charge in [0.25, 0.3) is 0 Å². The molecule has 0 saturated carbocycles. The maximum atomic E-state index is 14.0. The van der Waals surface area contributed by atoms with Crippen LogP contribution < -0.4 is 9.46 Å². The Kier molecular flexibility index (Phi) is 5.38. The van der Waals surface area contributed by atoms with Crippen LogP contribution in [0.3, 0.4) is 0 Å². The molecule has 2 aromatic rings. The molecule has 1 atom stereocenters. The first-order chi connectivity index (χ1) is 10.8. The number of rotatable bonds is 7. The van der Waals surface area contributed by atoms with Crippen molar-refractivity contribution < 1.29 is 17.5 Å². The normalized spacial score (nSPS) is 13.0. The first-order valence-electron chi connectivity index (χ1n) is 7.15. The molecule has 0 radical (unpaired) electrons. The molecule has 0 spiro atoms. The number of ether oxygens (including phenoxy) is 1. The average molecular weight is 341 g/mol. The lowest BCUT2D eigenvalue weighted by Gasteiger charge is -2.15. The molecule has 1 heterocycles. The molecule has 1 aromatic carbocycles. The highest BCUT2D eigenvalue weighted by Gasteiger charge is 2.21. The molecular formula is C15H20FN3O3S. The molecule has 1 aromatic heterocycles. The van der Waals surface area contributed by atoms with Crippen molar-refractivity contribution >= 4 is 10.0 Å². The Morgan fingerprint density at radius 1 is 1.43 bits per heavy atom. The minimum Gasteiger partial charge on any atom is -0.494 e. The number of methoxy groups -OCH3 is 1. The topological polar surface area (TPSA) is 73.2 Å². The van der Waals surface area contributed by atoms with Gasteiger partial charge in [0, 0.05) is 31.0 Å². The molecule has 126 valence electrons. The van der Waals surface area contributed by atoms with Crippen molar-refractivity contribution in [2.24, 2.45) is 5.92 Å². The highest BCUT2D eigenvalue weighted by Crippen LogP contribution is 2.25. The lowest BCUT2D eigenvalue weighted by atomic mass is 10.2. The molecule has 6 nitrogen and oxygen atoms in total. The molecule has 0 aliphatic carbocycles. The SMILES string of the molecule is COc1ccc(S(=O)(=O)NC[C@@H](C)Cn2cccn2)c(C)c1F. The lowest BCUT2D eigenvalue weighted by Crippen LogP contribution is -2.30. The van der Waals surface area contributed by atoms with E-state index >= 15 is 0 Å². The van der Waals surface area contributed by atoms with Crippen LogP contribution in [0.5, 0.6) is 5.75 Å². The number of benzene rings is 1. The standard InChI is InChI=1S/C15H20FN3O3S/c1-11(10-19-8-4-7-17-19)9-18-23(20,21)14-6-5-13(22-3)15(16)12(14)2/h4-8,11,18H,9-10H2,1-3H3/t11-/m1/s1. The summed E-state index contributed by atoms with van der Waals surface area (Å²) in [4.78, 5) is -0.0814. The Hall–Kier alpha value is -1.93. The van der Waals surface area contributed by atoms with E-state index in [0.29, 0.717) is 6.54 Å². The van der Waals surface area contributed by atoms with Gasteiger partial charge in [-0.05, 0) is 31.0 Å². The van der Waals surface area contributed by atoms with Crippen molar-refractivity contribution in [3.63, 3.8) is 0 Å². The fraction of sp³-hybridized carbons (Fsp3) is 0.400. The number of halogens is 1. The molecule has 0 fully saturated rings. The molecule has 1 N–H and O–H groups in total. The Bertz CT molecular complexity index is 761. The van der Waals surface area contributed by atoms with E-state index in [9.17, 15) is 12.8 Å². The maximum absolute atomic E-state index is 14.0. The molecule has 0 unspecified atom stereocenters. The van der Waals surface area contributed by atoms with Gasteiger partial charge in [-0.1, -0.05) is 6.92 Å². The molecule has 0 aliphatic rings. The van der Waals surface area contributed by atoms with Gasteiger partial charge < -0.3 is 4.74 Å². The van der Waals surface area contributed by atoms with Crippen LogP contribution in [0.2, 0.25) is 0 Å². The Morgan fingerprint density at radius 2 is 2.17 bits per heavy atom. The fourth-order valence-electron chi connectivity index (χ4n) is 2.21. The summed E-state index contributed by atoms with van der Waals surface area (Å²) < 4.78 is 47.9. The van der Waals surface area contributed by atoms with Crippen molar-refractivity contribution in [2.75, 3.05) is 13.7 Å². The van der Waals surface area contributed by atoms with Crippen LogP contribution >= 0.6 is 0 Å². The quantitative estimate of drug-likeness (QED) is 0.835. The smallest absolute Gasteiger partial charge is 0.240 e. The van der Waals surface area contributed by atoms with E-state index in [-0.39, 0.29) is 28.7 Å². The Balaban J connectivity index is 2.08. The molecule has 0 amide bonds. The van der Waals surface area contributed by atoms with E-state index in [1.165, 1.54) is 26.2 Å². The van der Waals surface area contributed by atoms with Gasteiger partial charge in [-0.15, -0.1) is 0 Å². The number of nitrogens with zero attached hydrogens (tertiary/aromatic N) is 2. The second-order valence-electron chi connectivity index (χ2n) is 5.39. The first kappa shape index (κ1) is 17.4. The number of nitrogens with one attached hydrogen (secondary N) is 1. The third kappa shape index (κ3) is 4.08. The minimum absolute atomic E-state index is 0.0218. The third-order valence-electron chi connectivity index (χ3n) is 3.49. The van der Waals surface area contributed by atoms with Gasteiger partial charge in [0.2, 0.25) is 10.0 Å². The number of aromatic nitrogens is 2. The predicted octanol–water partition coefficient (Wildman–Crippen LogP) is 1.95. The zero-order valence-electron chi connectivity index (χ0n) is 13.3. The van der Waals surface area contributed by atoms with Gasteiger partial charge in [-0.25, -0.2) is 17.5 Å². The summed E-state index contributed by atoms with van der Waals surface area (Å²) in [6.45, 7) is 4.14. The van der Waals surface area contributed by atoms with E-state index in [1.807, 2.05) is 13.1 Å². The minimum atomic E-state index is -3.79. The average Bonchev–Trinajstić information content (AvgIpc) is 3.00. The van der Waals surface area contributed by atoms with Crippen LogP contribution in [0.4, 0.5) is 4.39 Å². The maximum Gasteiger partial charge on any atom is 0.240 e. The Morgan fingerprint density at radius 3 is 2.78 bits per heavy atom. The van der Waals surface area contributed by atoms with Crippen LogP contribution in [-0.4, -0.2) is 31.9 Å². The van der Waals surface area contributed by atoms with Crippen LogP contribution in [0.25, 0.3) is 0 Å². The van der Waals surface area contributed by atoms with Gasteiger partial charge in [0.1, 0.15) is 0 Å². The van der Waals surface area contributed by atoms with E-state index < -0.39 is 15.8 Å². The van der Waals surface area contributed by atoms with E-state index in [2.05, 4.69) is 9.82 Å². The molecule has 8 heteroatoms. The molecular weight excluding hydrogens is 321 g/mol. The molecule has 0 bridgehead atoms. The predicted molar refractivity (Wildman–Crippen MR) is 84.3 cm³/mol.